The van der Waals surface area contributed by atoms with Crippen molar-refractivity contribution in [1.82, 2.24) is 10.3 Å². The largest absolute Gasteiger partial charge is 0.480 e. The molecule has 0 saturated carbocycles. The van der Waals surface area contributed by atoms with Gasteiger partial charge in [0.05, 0.1) is 17.2 Å². The Morgan fingerprint density at radius 3 is 2.75 bits per heavy atom. The molecule has 1 amide bonds. The van der Waals surface area contributed by atoms with Gasteiger partial charge in [0, 0.05) is 12.4 Å². The smallest absolute Gasteiger partial charge is 0.328 e. The average Bonchev–Trinajstić information content (AvgIpc) is 2.25. The first-order chi connectivity index (χ1) is 7.56. The lowest BCUT2D eigenvalue weighted by Gasteiger charge is -2.11. The molecule has 0 saturated heterocycles. The summed E-state index contributed by atoms with van der Waals surface area (Å²) in [7, 11) is 0. The molecule has 1 unspecified atom stereocenters. The van der Waals surface area contributed by atoms with Crippen molar-refractivity contribution in [1.29, 1.82) is 0 Å². The SMILES string of the molecule is O=C(NC(CO)C(=O)O)c1cnccc1Cl. The zero-order valence-corrected chi connectivity index (χ0v) is 8.81. The van der Waals surface area contributed by atoms with E-state index < -0.39 is 24.5 Å². The van der Waals surface area contributed by atoms with Gasteiger partial charge in [-0.3, -0.25) is 9.78 Å². The summed E-state index contributed by atoms with van der Waals surface area (Å²) in [4.78, 5) is 25.8. The van der Waals surface area contributed by atoms with E-state index in [-0.39, 0.29) is 10.6 Å². The zero-order valence-electron chi connectivity index (χ0n) is 8.05. The number of carbonyl (C=O) groups is 2. The van der Waals surface area contributed by atoms with Crippen LogP contribution in [0.4, 0.5) is 0 Å². The number of carboxylic acids is 1. The molecule has 0 aliphatic carbocycles. The summed E-state index contributed by atoms with van der Waals surface area (Å²) in [6.45, 7) is -0.695. The monoisotopic (exact) mass is 244 g/mol. The number of carbonyl (C=O) groups excluding carboxylic acids is 1. The summed E-state index contributed by atoms with van der Waals surface area (Å²) < 4.78 is 0. The molecule has 3 N–H and O–H groups in total. The maximum absolute atomic E-state index is 11.5. The molecule has 1 rings (SSSR count). The van der Waals surface area contributed by atoms with Crippen LogP contribution >= 0.6 is 11.6 Å². The van der Waals surface area contributed by atoms with E-state index in [0.29, 0.717) is 0 Å². The Kier molecular flexibility index (Phi) is 4.21. The fourth-order valence-electron chi connectivity index (χ4n) is 0.966. The third kappa shape index (κ3) is 2.91. The van der Waals surface area contributed by atoms with Crippen molar-refractivity contribution in [2.45, 2.75) is 6.04 Å². The van der Waals surface area contributed by atoms with Gasteiger partial charge in [-0.15, -0.1) is 0 Å². The van der Waals surface area contributed by atoms with E-state index in [0.717, 1.165) is 0 Å². The van der Waals surface area contributed by atoms with Gasteiger partial charge in [-0.1, -0.05) is 11.6 Å². The lowest BCUT2D eigenvalue weighted by atomic mass is 10.2. The van der Waals surface area contributed by atoms with Crippen LogP contribution in [0.15, 0.2) is 18.5 Å². The van der Waals surface area contributed by atoms with Crippen LogP contribution in [0.5, 0.6) is 0 Å². The van der Waals surface area contributed by atoms with Gasteiger partial charge in [0.2, 0.25) is 0 Å². The summed E-state index contributed by atoms with van der Waals surface area (Å²) in [6, 6.07) is 0.0503. The summed E-state index contributed by atoms with van der Waals surface area (Å²) in [5.74, 6) is -2.02. The maximum Gasteiger partial charge on any atom is 0.328 e. The molecule has 0 aliphatic rings. The normalized spacial score (nSPS) is 11.9. The van der Waals surface area contributed by atoms with Gasteiger partial charge in [0.1, 0.15) is 0 Å². The van der Waals surface area contributed by atoms with Crippen LogP contribution in [-0.4, -0.2) is 39.7 Å². The van der Waals surface area contributed by atoms with Gasteiger partial charge in [0.15, 0.2) is 6.04 Å². The Morgan fingerprint density at radius 1 is 1.56 bits per heavy atom. The Bertz CT molecular complexity index is 410. The maximum atomic E-state index is 11.5. The van der Waals surface area contributed by atoms with Crippen molar-refractivity contribution in [2.24, 2.45) is 0 Å². The van der Waals surface area contributed by atoms with Crippen LogP contribution < -0.4 is 5.32 Å². The number of halogens is 1. The first-order valence-corrected chi connectivity index (χ1v) is 4.68. The summed E-state index contributed by atoms with van der Waals surface area (Å²) in [5.41, 5.74) is 0.0591. The molecule has 0 fully saturated rings. The zero-order chi connectivity index (χ0) is 12.1. The van der Waals surface area contributed by atoms with Gasteiger partial charge in [-0.2, -0.15) is 0 Å². The highest BCUT2D eigenvalue weighted by molar-refractivity contribution is 6.33. The molecule has 1 aromatic rings. The van der Waals surface area contributed by atoms with Gasteiger partial charge >= 0.3 is 5.97 Å². The molecule has 6 nitrogen and oxygen atoms in total. The number of pyridine rings is 1. The summed E-state index contributed by atoms with van der Waals surface area (Å²) >= 11 is 5.71. The van der Waals surface area contributed by atoms with Gasteiger partial charge in [0.25, 0.3) is 5.91 Å². The number of nitrogens with zero attached hydrogens (tertiary/aromatic N) is 1. The van der Waals surface area contributed by atoms with E-state index >= 15 is 0 Å². The number of carboxylic acid groups (broad SMARTS) is 1. The molecular formula is C9H9ClN2O4. The first kappa shape index (κ1) is 12.4. The molecule has 16 heavy (non-hydrogen) atoms. The molecule has 86 valence electrons. The lowest BCUT2D eigenvalue weighted by Crippen LogP contribution is -2.43. The number of aliphatic carboxylic acids is 1. The predicted molar refractivity (Wildman–Crippen MR) is 55.2 cm³/mol. The minimum Gasteiger partial charge on any atom is -0.480 e. The Hall–Kier alpha value is -1.66. The van der Waals surface area contributed by atoms with Crippen LogP contribution in [0.25, 0.3) is 0 Å². The minimum atomic E-state index is -1.36. The number of aliphatic hydroxyl groups excluding tert-OH is 1. The molecule has 7 heteroatoms. The molecular weight excluding hydrogens is 236 g/mol. The van der Waals surface area contributed by atoms with Crippen LogP contribution in [0.1, 0.15) is 10.4 Å². The average molecular weight is 245 g/mol. The molecule has 0 spiro atoms. The van der Waals surface area contributed by atoms with Crippen molar-refractivity contribution in [3.63, 3.8) is 0 Å². The minimum absolute atomic E-state index is 0.0591. The molecule has 0 aliphatic heterocycles. The van der Waals surface area contributed by atoms with Crippen LogP contribution in [0.2, 0.25) is 5.02 Å². The second-order valence-electron chi connectivity index (χ2n) is 2.90. The van der Waals surface area contributed by atoms with E-state index in [4.69, 9.17) is 21.8 Å². The number of aliphatic hydroxyl groups is 1. The highest BCUT2D eigenvalue weighted by atomic mass is 35.5. The number of amides is 1. The van der Waals surface area contributed by atoms with Gasteiger partial charge < -0.3 is 15.5 Å². The predicted octanol–water partition coefficient (Wildman–Crippen LogP) is -0.0897. The molecule has 1 heterocycles. The molecule has 0 radical (unpaired) electrons. The number of hydrogen-bond donors (Lipinski definition) is 3. The summed E-state index contributed by atoms with van der Waals surface area (Å²) in [5, 5.41) is 19.6. The van der Waals surface area contributed by atoms with Crippen LogP contribution in [0.3, 0.4) is 0 Å². The van der Waals surface area contributed by atoms with Crippen molar-refractivity contribution in [3.05, 3.63) is 29.0 Å². The Labute approximate surface area is 95.9 Å². The molecule has 1 atom stereocenters. The highest BCUT2D eigenvalue weighted by Crippen LogP contribution is 2.13. The third-order valence-electron chi connectivity index (χ3n) is 1.80. The van der Waals surface area contributed by atoms with Gasteiger partial charge in [-0.25, -0.2) is 4.79 Å². The van der Waals surface area contributed by atoms with Crippen LogP contribution in [0, 0.1) is 0 Å². The number of hydrogen-bond acceptors (Lipinski definition) is 4. The van der Waals surface area contributed by atoms with Crippen molar-refractivity contribution in [2.75, 3.05) is 6.61 Å². The first-order valence-electron chi connectivity index (χ1n) is 4.30. The molecule has 1 aromatic heterocycles. The number of rotatable bonds is 4. The fraction of sp³-hybridized carbons (Fsp3) is 0.222. The summed E-state index contributed by atoms with van der Waals surface area (Å²) in [6.07, 6.45) is 2.62. The molecule has 0 bridgehead atoms. The van der Waals surface area contributed by atoms with E-state index in [1.54, 1.807) is 0 Å². The van der Waals surface area contributed by atoms with Gasteiger partial charge in [-0.05, 0) is 6.07 Å². The topological polar surface area (TPSA) is 99.5 Å². The fourth-order valence-corrected chi connectivity index (χ4v) is 1.16. The Morgan fingerprint density at radius 2 is 2.25 bits per heavy atom. The lowest BCUT2D eigenvalue weighted by molar-refractivity contribution is -0.140. The van der Waals surface area contributed by atoms with Crippen LogP contribution in [-0.2, 0) is 4.79 Å². The molecule has 0 aromatic carbocycles. The third-order valence-corrected chi connectivity index (χ3v) is 2.13. The van der Waals surface area contributed by atoms with Crippen molar-refractivity contribution >= 4 is 23.5 Å². The number of aromatic nitrogens is 1. The second-order valence-corrected chi connectivity index (χ2v) is 3.31. The standard InChI is InChI=1S/C9H9ClN2O4/c10-6-1-2-11-3-5(6)8(14)12-7(4-13)9(15)16/h1-3,7,13H,4H2,(H,12,14)(H,15,16). The van der Waals surface area contributed by atoms with E-state index in [1.165, 1.54) is 18.5 Å². The van der Waals surface area contributed by atoms with Crippen molar-refractivity contribution in [3.8, 4) is 0 Å². The van der Waals surface area contributed by atoms with Crippen molar-refractivity contribution < 1.29 is 19.8 Å². The van der Waals surface area contributed by atoms with E-state index in [9.17, 15) is 9.59 Å². The van der Waals surface area contributed by atoms with E-state index in [2.05, 4.69) is 10.3 Å². The van der Waals surface area contributed by atoms with E-state index in [1.807, 2.05) is 0 Å². The quantitative estimate of drug-likeness (QED) is 0.687. The second kappa shape index (κ2) is 5.43. The highest BCUT2D eigenvalue weighted by Gasteiger charge is 2.20. The Balaban J connectivity index is 2.80. The number of nitrogens with one attached hydrogen (secondary N) is 1.